The van der Waals surface area contributed by atoms with Crippen LogP contribution in [-0.2, 0) is 11.3 Å². The Morgan fingerprint density at radius 2 is 1.65 bits per heavy atom. The summed E-state index contributed by atoms with van der Waals surface area (Å²) < 4.78 is 0. The van der Waals surface area contributed by atoms with Crippen LogP contribution in [0.25, 0.3) is 11.1 Å². The molecule has 0 bridgehead atoms. The smallest absolute Gasteiger partial charge is 0.255 e. The highest BCUT2D eigenvalue weighted by molar-refractivity contribution is 6.31. The van der Waals surface area contributed by atoms with Crippen molar-refractivity contribution in [1.29, 1.82) is 0 Å². The van der Waals surface area contributed by atoms with Crippen molar-refractivity contribution in [3.05, 3.63) is 94.5 Å². The van der Waals surface area contributed by atoms with E-state index in [1.54, 1.807) is 23.1 Å². The third-order valence-electron chi connectivity index (χ3n) is 5.30. The number of benzene rings is 3. The zero-order valence-corrected chi connectivity index (χ0v) is 18.6. The second-order valence-electron chi connectivity index (χ2n) is 8.83. The lowest BCUT2D eigenvalue weighted by Gasteiger charge is -2.29. The lowest BCUT2D eigenvalue weighted by Crippen LogP contribution is -2.46. The van der Waals surface area contributed by atoms with Crippen LogP contribution in [-0.4, -0.2) is 22.3 Å². The first kappa shape index (κ1) is 21.1. The number of carbonyl (C=O) groups is 2. The molecule has 0 radical (unpaired) electrons. The molecule has 5 heteroatoms. The van der Waals surface area contributed by atoms with Crippen LogP contribution in [0.15, 0.2) is 72.8 Å². The van der Waals surface area contributed by atoms with Gasteiger partial charge in [-0.2, -0.15) is 0 Å². The van der Waals surface area contributed by atoms with Gasteiger partial charge in [-0.05, 0) is 61.2 Å². The third-order valence-corrected chi connectivity index (χ3v) is 5.54. The minimum Gasteiger partial charge on any atom is -0.349 e. The fourth-order valence-electron chi connectivity index (χ4n) is 4.02. The highest BCUT2D eigenvalue weighted by Crippen LogP contribution is 2.38. The number of nitrogens with zero attached hydrogens (tertiary/aromatic N) is 1. The van der Waals surface area contributed by atoms with Gasteiger partial charge in [0, 0.05) is 22.7 Å². The number of amides is 2. The Balaban J connectivity index is 1.75. The van der Waals surface area contributed by atoms with E-state index >= 15 is 0 Å². The summed E-state index contributed by atoms with van der Waals surface area (Å²) in [5.41, 5.74) is 3.84. The van der Waals surface area contributed by atoms with Gasteiger partial charge in [0.15, 0.2) is 0 Å². The minimum absolute atomic E-state index is 0.163. The van der Waals surface area contributed by atoms with Crippen molar-refractivity contribution in [2.75, 3.05) is 0 Å². The molecule has 2 amide bonds. The lowest BCUT2D eigenvalue weighted by molar-refractivity contribution is -0.127. The minimum atomic E-state index is -0.732. The summed E-state index contributed by atoms with van der Waals surface area (Å²) in [6, 6.07) is 22.4. The Bertz CT molecular complexity index is 1140. The normalized spacial score (nSPS) is 15.7. The van der Waals surface area contributed by atoms with Gasteiger partial charge in [-0.15, -0.1) is 0 Å². The van der Waals surface area contributed by atoms with E-state index in [1.165, 1.54) is 0 Å². The van der Waals surface area contributed by atoms with Crippen LogP contribution in [0.2, 0.25) is 5.02 Å². The summed E-state index contributed by atoms with van der Waals surface area (Å²) >= 11 is 6.23. The summed E-state index contributed by atoms with van der Waals surface area (Å²) in [5, 5.41) is 3.53. The average Bonchev–Trinajstić information content (AvgIpc) is 2.99. The van der Waals surface area contributed by atoms with E-state index in [9.17, 15) is 9.59 Å². The standard InChI is InChI=1S/C26H25ClN2O2/c1-26(2,3)28-24(30)23-22-15-19(27)13-14-21(22)25(31)29(23)16-18-11-7-8-12-20(18)17-9-5-4-6-10-17/h4-15,23H,16H2,1-3H3,(H,28,30). The maximum Gasteiger partial charge on any atom is 0.255 e. The molecular weight excluding hydrogens is 408 g/mol. The summed E-state index contributed by atoms with van der Waals surface area (Å²) in [7, 11) is 0. The maximum absolute atomic E-state index is 13.3. The molecule has 4 rings (SSSR count). The number of hydrogen-bond donors (Lipinski definition) is 1. The molecule has 158 valence electrons. The van der Waals surface area contributed by atoms with Crippen molar-refractivity contribution in [1.82, 2.24) is 10.2 Å². The molecule has 0 saturated carbocycles. The zero-order chi connectivity index (χ0) is 22.2. The topological polar surface area (TPSA) is 49.4 Å². The van der Waals surface area contributed by atoms with E-state index in [0.29, 0.717) is 22.7 Å². The van der Waals surface area contributed by atoms with Crippen LogP contribution in [0.1, 0.15) is 48.3 Å². The molecule has 3 aromatic carbocycles. The van der Waals surface area contributed by atoms with Gasteiger partial charge in [0.1, 0.15) is 6.04 Å². The van der Waals surface area contributed by atoms with E-state index in [1.807, 2.05) is 75.4 Å². The molecule has 1 heterocycles. The second kappa shape index (κ2) is 8.20. The molecular formula is C26H25ClN2O2. The molecule has 0 spiro atoms. The van der Waals surface area contributed by atoms with E-state index in [-0.39, 0.29) is 11.8 Å². The first-order valence-corrected chi connectivity index (χ1v) is 10.7. The first-order valence-electron chi connectivity index (χ1n) is 10.3. The van der Waals surface area contributed by atoms with Crippen LogP contribution in [0.5, 0.6) is 0 Å². The lowest BCUT2D eigenvalue weighted by atomic mass is 9.98. The highest BCUT2D eigenvalue weighted by Gasteiger charge is 2.42. The van der Waals surface area contributed by atoms with Crippen LogP contribution in [0.4, 0.5) is 0 Å². The fraction of sp³-hybridized carbons (Fsp3) is 0.231. The SMILES string of the molecule is CC(C)(C)NC(=O)C1c2cc(Cl)ccc2C(=O)N1Cc1ccccc1-c1ccccc1. The van der Waals surface area contributed by atoms with Crippen LogP contribution >= 0.6 is 11.6 Å². The van der Waals surface area contributed by atoms with Crippen molar-refractivity contribution in [3.8, 4) is 11.1 Å². The Kier molecular flexibility index (Phi) is 5.59. The van der Waals surface area contributed by atoms with Crippen molar-refractivity contribution in [2.24, 2.45) is 0 Å². The van der Waals surface area contributed by atoms with Crippen molar-refractivity contribution in [3.63, 3.8) is 0 Å². The molecule has 1 unspecified atom stereocenters. The molecule has 4 nitrogen and oxygen atoms in total. The highest BCUT2D eigenvalue weighted by atomic mass is 35.5. The van der Waals surface area contributed by atoms with E-state index in [0.717, 1.165) is 16.7 Å². The van der Waals surface area contributed by atoms with Gasteiger partial charge in [0.05, 0.1) is 0 Å². The van der Waals surface area contributed by atoms with E-state index in [2.05, 4.69) is 5.32 Å². The Morgan fingerprint density at radius 3 is 2.35 bits per heavy atom. The number of hydrogen-bond acceptors (Lipinski definition) is 2. The Morgan fingerprint density at radius 1 is 0.968 bits per heavy atom. The average molecular weight is 433 g/mol. The summed E-state index contributed by atoms with van der Waals surface area (Å²) in [6.07, 6.45) is 0. The molecule has 0 aliphatic carbocycles. The van der Waals surface area contributed by atoms with Crippen LogP contribution in [0.3, 0.4) is 0 Å². The molecule has 0 fully saturated rings. The van der Waals surface area contributed by atoms with Gasteiger partial charge in [-0.1, -0.05) is 66.2 Å². The van der Waals surface area contributed by atoms with E-state index < -0.39 is 11.6 Å². The predicted octanol–water partition coefficient (Wildman–Crippen LogP) is 5.62. The van der Waals surface area contributed by atoms with Crippen LogP contribution in [0, 0.1) is 0 Å². The molecule has 1 atom stereocenters. The quantitative estimate of drug-likeness (QED) is 0.581. The fourth-order valence-corrected chi connectivity index (χ4v) is 4.20. The van der Waals surface area contributed by atoms with Crippen molar-refractivity contribution in [2.45, 2.75) is 38.9 Å². The second-order valence-corrected chi connectivity index (χ2v) is 9.27. The predicted molar refractivity (Wildman–Crippen MR) is 124 cm³/mol. The summed E-state index contributed by atoms with van der Waals surface area (Å²) in [4.78, 5) is 28.3. The molecule has 0 aromatic heterocycles. The molecule has 0 saturated heterocycles. The van der Waals surface area contributed by atoms with Gasteiger partial charge in [0.25, 0.3) is 5.91 Å². The Hall–Kier alpha value is -3.11. The van der Waals surface area contributed by atoms with Gasteiger partial charge in [-0.25, -0.2) is 0 Å². The summed E-state index contributed by atoms with van der Waals surface area (Å²) in [5.74, 6) is -0.373. The number of fused-ring (bicyclic) bond motifs is 1. The number of nitrogens with one attached hydrogen (secondary N) is 1. The molecule has 1 N–H and O–H groups in total. The number of carbonyl (C=O) groups excluding carboxylic acids is 2. The third kappa shape index (κ3) is 4.35. The monoisotopic (exact) mass is 432 g/mol. The van der Waals surface area contributed by atoms with Crippen LogP contribution < -0.4 is 5.32 Å². The maximum atomic E-state index is 13.3. The Labute approximate surface area is 187 Å². The van der Waals surface area contributed by atoms with Crippen molar-refractivity contribution >= 4 is 23.4 Å². The number of rotatable bonds is 4. The van der Waals surface area contributed by atoms with Crippen molar-refractivity contribution < 1.29 is 9.59 Å². The zero-order valence-electron chi connectivity index (χ0n) is 17.9. The molecule has 31 heavy (non-hydrogen) atoms. The van der Waals surface area contributed by atoms with Gasteiger partial charge < -0.3 is 10.2 Å². The number of halogens is 1. The molecule has 1 aliphatic heterocycles. The first-order chi connectivity index (χ1) is 14.7. The van der Waals surface area contributed by atoms with Gasteiger partial charge in [0.2, 0.25) is 5.91 Å². The molecule has 3 aromatic rings. The molecule has 1 aliphatic rings. The van der Waals surface area contributed by atoms with Gasteiger partial charge in [-0.3, -0.25) is 9.59 Å². The van der Waals surface area contributed by atoms with Gasteiger partial charge >= 0.3 is 0 Å². The summed E-state index contributed by atoms with van der Waals surface area (Å²) in [6.45, 7) is 6.10. The largest absolute Gasteiger partial charge is 0.349 e. The van der Waals surface area contributed by atoms with E-state index in [4.69, 9.17) is 11.6 Å².